The van der Waals surface area contributed by atoms with Crippen molar-refractivity contribution in [3.8, 4) is 5.75 Å². The lowest BCUT2D eigenvalue weighted by molar-refractivity contribution is 0.340. The highest BCUT2D eigenvalue weighted by Gasteiger charge is 2.02. The fourth-order valence-electron chi connectivity index (χ4n) is 1.08. The van der Waals surface area contributed by atoms with E-state index in [1.54, 1.807) is 0 Å². The van der Waals surface area contributed by atoms with Crippen LogP contribution in [0.3, 0.4) is 0 Å². The Kier molecular flexibility index (Phi) is 4.12. The number of hydrogen-bond acceptors (Lipinski definition) is 3. The molecule has 1 unspecified atom stereocenters. The zero-order valence-electron chi connectivity index (χ0n) is 7.95. The minimum Gasteiger partial charge on any atom is -0.494 e. The molecule has 3 heteroatoms. The third-order valence-corrected chi connectivity index (χ3v) is 2.34. The third-order valence-electron chi connectivity index (χ3n) is 1.78. The van der Waals surface area contributed by atoms with Gasteiger partial charge in [-0.3, -0.25) is 0 Å². The van der Waals surface area contributed by atoms with E-state index in [4.69, 9.17) is 4.74 Å². The minimum atomic E-state index is 0.0932. The summed E-state index contributed by atoms with van der Waals surface area (Å²) in [6, 6.07) is 7.94. The molecule has 0 aliphatic rings. The van der Waals surface area contributed by atoms with Crippen molar-refractivity contribution in [1.82, 2.24) is 5.32 Å². The molecule has 0 heterocycles. The van der Waals surface area contributed by atoms with E-state index >= 15 is 0 Å². The van der Waals surface area contributed by atoms with E-state index in [2.05, 4.69) is 17.9 Å². The highest BCUT2D eigenvalue weighted by molar-refractivity contribution is 7.80. The maximum atomic E-state index is 5.33. The molecule has 2 nitrogen and oxygen atoms in total. The Morgan fingerprint density at radius 3 is 2.46 bits per heavy atom. The van der Waals surface area contributed by atoms with Gasteiger partial charge in [-0.25, -0.2) is 0 Å². The summed E-state index contributed by atoms with van der Waals surface area (Å²) in [5.74, 6) is 0.905. The van der Waals surface area contributed by atoms with Crippen LogP contribution in [0.15, 0.2) is 24.3 Å². The van der Waals surface area contributed by atoms with Crippen molar-refractivity contribution in [2.24, 2.45) is 0 Å². The van der Waals surface area contributed by atoms with Gasteiger partial charge >= 0.3 is 0 Å². The lowest BCUT2D eigenvalue weighted by Gasteiger charge is -2.10. The summed E-state index contributed by atoms with van der Waals surface area (Å²) < 4.78 is 5.33. The van der Waals surface area contributed by atoms with Crippen LogP contribution in [0.4, 0.5) is 0 Å². The molecule has 0 radical (unpaired) electrons. The molecule has 1 atom stereocenters. The SMILES string of the molecule is CCOc1ccc(C(S)NC)cc1. The van der Waals surface area contributed by atoms with Crippen molar-refractivity contribution in [3.05, 3.63) is 29.8 Å². The Bertz CT molecular complexity index is 248. The van der Waals surface area contributed by atoms with Crippen LogP contribution < -0.4 is 10.1 Å². The molecule has 0 amide bonds. The Hall–Kier alpha value is -0.670. The van der Waals surface area contributed by atoms with Crippen molar-refractivity contribution < 1.29 is 4.74 Å². The van der Waals surface area contributed by atoms with Crippen molar-refractivity contribution in [3.63, 3.8) is 0 Å². The highest BCUT2D eigenvalue weighted by Crippen LogP contribution is 2.19. The molecule has 1 aromatic carbocycles. The number of hydrogen-bond donors (Lipinski definition) is 2. The Morgan fingerprint density at radius 2 is 2.00 bits per heavy atom. The van der Waals surface area contributed by atoms with Gasteiger partial charge < -0.3 is 10.1 Å². The van der Waals surface area contributed by atoms with E-state index in [0.29, 0.717) is 6.61 Å². The average Bonchev–Trinajstić information content (AvgIpc) is 2.18. The predicted octanol–water partition coefficient (Wildman–Crippen LogP) is 2.23. The lowest BCUT2D eigenvalue weighted by Crippen LogP contribution is -2.09. The lowest BCUT2D eigenvalue weighted by atomic mass is 10.2. The van der Waals surface area contributed by atoms with Crippen molar-refractivity contribution in [2.75, 3.05) is 13.7 Å². The van der Waals surface area contributed by atoms with E-state index in [-0.39, 0.29) is 5.37 Å². The van der Waals surface area contributed by atoms with E-state index < -0.39 is 0 Å². The topological polar surface area (TPSA) is 21.3 Å². The van der Waals surface area contributed by atoms with Crippen LogP contribution in [0.5, 0.6) is 5.75 Å². The summed E-state index contributed by atoms with van der Waals surface area (Å²) in [4.78, 5) is 0. The number of thiol groups is 1. The molecule has 0 saturated heterocycles. The van der Waals surface area contributed by atoms with E-state index in [9.17, 15) is 0 Å². The van der Waals surface area contributed by atoms with Crippen LogP contribution in [-0.2, 0) is 0 Å². The zero-order chi connectivity index (χ0) is 9.68. The molecule has 72 valence electrons. The van der Waals surface area contributed by atoms with Crippen molar-refractivity contribution >= 4 is 12.6 Å². The first-order chi connectivity index (χ1) is 6.27. The number of ether oxygens (including phenoxy) is 1. The Labute approximate surface area is 84.7 Å². The van der Waals surface area contributed by atoms with Gasteiger partial charge in [0.1, 0.15) is 5.75 Å². The van der Waals surface area contributed by atoms with Gasteiger partial charge in [-0.05, 0) is 31.7 Å². The fourth-order valence-corrected chi connectivity index (χ4v) is 1.25. The molecule has 0 fully saturated rings. The van der Waals surface area contributed by atoms with Crippen LogP contribution in [0.2, 0.25) is 0 Å². The second-order valence-corrected chi connectivity index (χ2v) is 3.21. The van der Waals surface area contributed by atoms with Gasteiger partial charge in [0.15, 0.2) is 0 Å². The molecule has 0 bridgehead atoms. The first-order valence-electron chi connectivity index (χ1n) is 4.36. The van der Waals surface area contributed by atoms with E-state index in [1.807, 2.05) is 38.2 Å². The Morgan fingerprint density at radius 1 is 1.38 bits per heavy atom. The van der Waals surface area contributed by atoms with Gasteiger partial charge in [0, 0.05) is 0 Å². The minimum absolute atomic E-state index is 0.0932. The standard InChI is InChI=1S/C10H15NOS/c1-3-12-9-6-4-8(5-7-9)10(13)11-2/h4-7,10-11,13H,3H2,1-2H3. The number of benzene rings is 1. The molecular formula is C10H15NOS. The summed E-state index contributed by atoms with van der Waals surface area (Å²) in [5, 5.41) is 3.15. The number of rotatable bonds is 4. The normalized spacial score (nSPS) is 12.5. The summed E-state index contributed by atoms with van der Waals surface area (Å²) in [6.07, 6.45) is 0. The van der Waals surface area contributed by atoms with Gasteiger partial charge in [0.2, 0.25) is 0 Å². The number of nitrogens with one attached hydrogen (secondary N) is 1. The highest BCUT2D eigenvalue weighted by atomic mass is 32.1. The maximum absolute atomic E-state index is 5.33. The Balaban J connectivity index is 2.69. The van der Waals surface area contributed by atoms with E-state index in [1.165, 1.54) is 0 Å². The van der Waals surface area contributed by atoms with Crippen LogP contribution in [0, 0.1) is 0 Å². The van der Waals surface area contributed by atoms with Gasteiger partial charge in [0.25, 0.3) is 0 Å². The first-order valence-corrected chi connectivity index (χ1v) is 4.87. The quantitative estimate of drug-likeness (QED) is 0.570. The van der Waals surface area contributed by atoms with Crippen LogP contribution in [-0.4, -0.2) is 13.7 Å². The molecule has 1 rings (SSSR count). The molecular weight excluding hydrogens is 182 g/mol. The average molecular weight is 197 g/mol. The van der Waals surface area contributed by atoms with Gasteiger partial charge in [-0.1, -0.05) is 12.1 Å². The maximum Gasteiger partial charge on any atom is 0.119 e. The van der Waals surface area contributed by atoms with Crippen molar-refractivity contribution in [2.45, 2.75) is 12.3 Å². The van der Waals surface area contributed by atoms with Crippen LogP contribution in [0.25, 0.3) is 0 Å². The largest absolute Gasteiger partial charge is 0.494 e. The molecule has 13 heavy (non-hydrogen) atoms. The zero-order valence-corrected chi connectivity index (χ0v) is 8.84. The van der Waals surface area contributed by atoms with Crippen LogP contribution >= 0.6 is 12.6 Å². The first kappa shape index (κ1) is 10.4. The van der Waals surface area contributed by atoms with Gasteiger partial charge in [-0.2, -0.15) is 12.6 Å². The van der Waals surface area contributed by atoms with Crippen molar-refractivity contribution in [1.29, 1.82) is 0 Å². The second-order valence-electron chi connectivity index (χ2n) is 2.69. The molecule has 0 aromatic heterocycles. The summed E-state index contributed by atoms with van der Waals surface area (Å²) in [6.45, 7) is 2.68. The summed E-state index contributed by atoms with van der Waals surface area (Å²) >= 11 is 4.35. The molecule has 1 aromatic rings. The molecule has 1 N–H and O–H groups in total. The molecule has 0 aliphatic heterocycles. The molecule has 0 spiro atoms. The fraction of sp³-hybridized carbons (Fsp3) is 0.400. The van der Waals surface area contributed by atoms with Crippen LogP contribution in [0.1, 0.15) is 17.9 Å². The second kappa shape index (κ2) is 5.14. The van der Waals surface area contributed by atoms with Gasteiger partial charge in [0.05, 0.1) is 12.0 Å². The predicted molar refractivity (Wildman–Crippen MR) is 58.4 cm³/mol. The van der Waals surface area contributed by atoms with E-state index in [0.717, 1.165) is 11.3 Å². The van der Waals surface area contributed by atoms with Gasteiger partial charge in [-0.15, -0.1) is 0 Å². The summed E-state index contributed by atoms with van der Waals surface area (Å²) in [5.41, 5.74) is 1.15. The molecule has 0 saturated carbocycles. The third kappa shape index (κ3) is 2.94. The summed E-state index contributed by atoms with van der Waals surface area (Å²) in [7, 11) is 1.88. The smallest absolute Gasteiger partial charge is 0.119 e. The molecule has 0 aliphatic carbocycles. The monoisotopic (exact) mass is 197 g/mol.